The van der Waals surface area contributed by atoms with Crippen molar-refractivity contribution in [1.82, 2.24) is 4.90 Å². The Morgan fingerprint density at radius 1 is 1.33 bits per heavy atom. The molecule has 5 heteroatoms. The quantitative estimate of drug-likeness (QED) is 0.362. The fourth-order valence-corrected chi connectivity index (χ4v) is 5.80. The van der Waals surface area contributed by atoms with Crippen LogP contribution in [0.25, 0.3) is 0 Å². The van der Waals surface area contributed by atoms with Crippen molar-refractivity contribution in [3.8, 4) is 0 Å². The molecule has 1 amide bonds. The summed E-state index contributed by atoms with van der Waals surface area (Å²) in [5.74, 6) is 1.73. The lowest BCUT2D eigenvalue weighted by Gasteiger charge is -2.61. The van der Waals surface area contributed by atoms with Crippen LogP contribution in [0, 0.1) is 22.7 Å². The molecular weight excluding hydrogens is 266 g/mol. The summed E-state index contributed by atoms with van der Waals surface area (Å²) in [7, 11) is 1.78. The summed E-state index contributed by atoms with van der Waals surface area (Å²) >= 11 is 0. The van der Waals surface area contributed by atoms with Gasteiger partial charge < -0.3 is 15.8 Å². The van der Waals surface area contributed by atoms with Gasteiger partial charge in [-0.05, 0) is 62.7 Å². The Labute approximate surface area is 126 Å². The third kappa shape index (κ3) is 2.21. The third-order valence-corrected chi connectivity index (χ3v) is 6.25. The average molecular weight is 293 g/mol. The lowest BCUT2D eigenvalue weighted by atomic mass is 9.44. The van der Waals surface area contributed by atoms with Gasteiger partial charge in [0.2, 0.25) is 5.91 Å². The van der Waals surface area contributed by atoms with Crippen LogP contribution in [-0.4, -0.2) is 34.9 Å². The fourth-order valence-electron chi connectivity index (χ4n) is 5.80. The van der Waals surface area contributed by atoms with E-state index in [4.69, 9.17) is 10.9 Å². The van der Waals surface area contributed by atoms with Gasteiger partial charge in [0, 0.05) is 7.05 Å². The zero-order chi connectivity index (χ0) is 15.4. The first kappa shape index (κ1) is 14.7. The second-order valence-corrected chi connectivity index (χ2v) is 8.17. The molecule has 4 aliphatic carbocycles. The maximum absolute atomic E-state index is 13.1. The Bertz CT molecular complexity index is 474. The molecule has 3 atom stereocenters. The molecule has 3 N–H and O–H groups in total. The van der Waals surface area contributed by atoms with Crippen molar-refractivity contribution in [1.29, 1.82) is 0 Å². The van der Waals surface area contributed by atoms with Crippen LogP contribution in [0.3, 0.4) is 0 Å². The fraction of sp³-hybridized carbons (Fsp3) is 0.875. The third-order valence-electron chi connectivity index (χ3n) is 6.25. The first-order chi connectivity index (χ1) is 9.78. The van der Waals surface area contributed by atoms with Gasteiger partial charge in [-0.2, -0.15) is 0 Å². The van der Waals surface area contributed by atoms with Crippen LogP contribution in [0.2, 0.25) is 0 Å². The molecule has 118 valence electrons. The minimum absolute atomic E-state index is 0.0989. The van der Waals surface area contributed by atoms with Crippen molar-refractivity contribution in [2.24, 2.45) is 33.6 Å². The SMILES string of the molecule is CC(C(N)=NO)N(C)C(=O)C12CC3CC(CC(C)(C3)C1)C2. The Morgan fingerprint density at radius 2 is 1.90 bits per heavy atom. The van der Waals surface area contributed by atoms with Gasteiger partial charge in [-0.1, -0.05) is 12.1 Å². The molecule has 5 nitrogen and oxygen atoms in total. The molecule has 0 aromatic carbocycles. The second-order valence-electron chi connectivity index (χ2n) is 8.17. The number of hydrogen-bond acceptors (Lipinski definition) is 3. The van der Waals surface area contributed by atoms with E-state index in [9.17, 15) is 4.79 Å². The molecule has 4 fully saturated rings. The van der Waals surface area contributed by atoms with E-state index in [1.807, 2.05) is 6.92 Å². The zero-order valence-corrected chi connectivity index (χ0v) is 13.3. The molecule has 0 aromatic rings. The monoisotopic (exact) mass is 293 g/mol. The lowest BCUT2D eigenvalue weighted by Crippen LogP contribution is -2.59. The first-order valence-electron chi connectivity index (χ1n) is 8.03. The Kier molecular flexibility index (Phi) is 3.22. The van der Waals surface area contributed by atoms with E-state index in [1.165, 1.54) is 19.3 Å². The van der Waals surface area contributed by atoms with E-state index in [0.717, 1.165) is 19.3 Å². The molecule has 4 saturated carbocycles. The molecule has 4 bridgehead atoms. The van der Waals surface area contributed by atoms with Gasteiger partial charge in [-0.15, -0.1) is 0 Å². The zero-order valence-electron chi connectivity index (χ0n) is 13.3. The van der Waals surface area contributed by atoms with Gasteiger partial charge in [-0.25, -0.2) is 0 Å². The maximum atomic E-state index is 13.1. The van der Waals surface area contributed by atoms with Crippen molar-refractivity contribution >= 4 is 11.7 Å². The highest BCUT2D eigenvalue weighted by molar-refractivity contribution is 5.91. The van der Waals surface area contributed by atoms with Crippen molar-refractivity contribution in [3.63, 3.8) is 0 Å². The Hall–Kier alpha value is -1.26. The van der Waals surface area contributed by atoms with E-state index in [2.05, 4.69) is 12.1 Å². The summed E-state index contributed by atoms with van der Waals surface area (Å²) in [6, 6.07) is -0.358. The van der Waals surface area contributed by atoms with Crippen LogP contribution in [0.4, 0.5) is 0 Å². The minimum Gasteiger partial charge on any atom is -0.409 e. The van der Waals surface area contributed by atoms with Crippen molar-refractivity contribution in [2.45, 2.75) is 58.4 Å². The highest BCUT2D eigenvalue weighted by atomic mass is 16.4. The Morgan fingerprint density at radius 3 is 2.38 bits per heavy atom. The molecule has 0 saturated heterocycles. The predicted octanol–water partition coefficient (Wildman–Crippen LogP) is 2.19. The smallest absolute Gasteiger partial charge is 0.229 e. The van der Waals surface area contributed by atoms with Gasteiger partial charge in [0.1, 0.15) is 0 Å². The summed E-state index contributed by atoms with van der Waals surface area (Å²) in [4.78, 5) is 14.8. The van der Waals surface area contributed by atoms with Gasteiger partial charge in [-0.3, -0.25) is 4.79 Å². The van der Waals surface area contributed by atoms with Crippen LogP contribution < -0.4 is 5.73 Å². The van der Waals surface area contributed by atoms with Crippen LogP contribution in [0.5, 0.6) is 0 Å². The van der Waals surface area contributed by atoms with Crippen molar-refractivity contribution < 1.29 is 10.0 Å². The predicted molar refractivity (Wildman–Crippen MR) is 80.9 cm³/mol. The van der Waals surface area contributed by atoms with E-state index < -0.39 is 0 Å². The van der Waals surface area contributed by atoms with Gasteiger partial charge in [0.25, 0.3) is 0 Å². The summed E-state index contributed by atoms with van der Waals surface area (Å²) in [6.45, 7) is 4.18. The number of carbonyl (C=O) groups is 1. The molecule has 4 rings (SSSR count). The number of rotatable bonds is 3. The maximum Gasteiger partial charge on any atom is 0.229 e. The van der Waals surface area contributed by atoms with Crippen LogP contribution in [0.1, 0.15) is 52.4 Å². The number of nitrogens with zero attached hydrogens (tertiary/aromatic N) is 2. The molecule has 0 aliphatic heterocycles. The average Bonchev–Trinajstić information content (AvgIpc) is 2.41. The number of oxime groups is 1. The summed E-state index contributed by atoms with van der Waals surface area (Å²) in [5.41, 5.74) is 5.83. The molecule has 4 aliphatic rings. The highest BCUT2D eigenvalue weighted by Gasteiger charge is 2.59. The normalized spacial score (nSPS) is 42.9. The number of hydrogen-bond donors (Lipinski definition) is 2. The standard InChI is InChI=1S/C16H27N3O2/c1-10(13(17)18-21)19(3)14(20)16-7-11-4-12(8-16)6-15(2,5-11)9-16/h10-12,21H,4-9H2,1-3H3,(H2,17,18). The second kappa shape index (κ2) is 4.62. The molecule has 0 aromatic heterocycles. The number of amidine groups is 1. The first-order valence-corrected chi connectivity index (χ1v) is 8.03. The van der Waals surface area contributed by atoms with Gasteiger partial charge in [0.15, 0.2) is 5.84 Å². The van der Waals surface area contributed by atoms with Gasteiger partial charge >= 0.3 is 0 Å². The molecule has 3 unspecified atom stereocenters. The molecular formula is C16H27N3O2. The topological polar surface area (TPSA) is 78.9 Å². The van der Waals surface area contributed by atoms with Gasteiger partial charge in [0.05, 0.1) is 11.5 Å². The Balaban J connectivity index is 1.84. The number of amides is 1. The van der Waals surface area contributed by atoms with Crippen LogP contribution in [0.15, 0.2) is 5.16 Å². The van der Waals surface area contributed by atoms with E-state index in [0.29, 0.717) is 17.3 Å². The number of carbonyl (C=O) groups excluding carboxylic acids is 1. The molecule has 0 spiro atoms. The lowest BCUT2D eigenvalue weighted by molar-refractivity contribution is -0.165. The van der Waals surface area contributed by atoms with Crippen LogP contribution in [-0.2, 0) is 4.79 Å². The van der Waals surface area contributed by atoms with E-state index in [-0.39, 0.29) is 23.2 Å². The summed E-state index contributed by atoms with van der Waals surface area (Å²) in [5, 5.41) is 11.9. The number of nitrogens with two attached hydrogens (primary N) is 1. The number of likely N-dealkylation sites (N-methyl/N-ethyl adjacent to an activating group) is 1. The largest absolute Gasteiger partial charge is 0.409 e. The summed E-state index contributed by atoms with van der Waals surface area (Å²) < 4.78 is 0. The molecule has 0 radical (unpaired) electrons. The highest BCUT2D eigenvalue weighted by Crippen LogP contribution is 2.65. The molecule has 21 heavy (non-hydrogen) atoms. The van der Waals surface area contributed by atoms with E-state index in [1.54, 1.807) is 11.9 Å². The minimum atomic E-state index is -0.358. The van der Waals surface area contributed by atoms with E-state index >= 15 is 0 Å². The summed E-state index contributed by atoms with van der Waals surface area (Å²) in [6.07, 6.45) is 6.97. The van der Waals surface area contributed by atoms with Crippen molar-refractivity contribution in [3.05, 3.63) is 0 Å². The van der Waals surface area contributed by atoms with Crippen LogP contribution >= 0.6 is 0 Å². The molecule has 0 heterocycles. The van der Waals surface area contributed by atoms with Crippen molar-refractivity contribution in [2.75, 3.05) is 7.05 Å².